The highest BCUT2D eigenvalue weighted by Gasteiger charge is 2.03. The molecule has 0 saturated heterocycles. The number of anilines is 1. The van der Waals surface area contributed by atoms with Crippen molar-refractivity contribution in [3.05, 3.63) is 29.3 Å². The number of nitrogens with zero attached hydrogens (tertiary/aromatic N) is 1. The van der Waals surface area contributed by atoms with Gasteiger partial charge >= 0.3 is 0 Å². The fraction of sp³-hybridized carbons (Fsp3) is 0.333. The molecule has 0 aliphatic heterocycles. The van der Waals surface area contributed by atoms with Crippen molar-refractivity contribution in [2.24, 2.45) is 4.99 Å². The maximum Gasteiger partial charge on any atom is 0.159 e. The van der Waals surface area contributed by atoms with Gasteiger partial charge in [0.2, 0.25) is 0 Å². The minimum absolute atomic E-state index is 0.0733. The van der Waals surface area contributed by atoms with Gasteiger partial charge in [-0.25, -0.2) is 0 Å². The average Bonchev–Trinajstić information content (AvgIpc) is 2.20. The van der Waals surface area contributed by atoms with Crippen LogP contribution in [0.3, 0.4) is 0 Å². The number of aliphatic imine (C=N–C) groups is 1. The Kier molecular flexibility index (Phi) is 3.61. The highest BCUT2D eigenvalue weighted by molar-refractivity contribution is 5.98. The van der Waals surface area contributed by atoms with Crippen molar-refractivity contribution in [3.63, 3.8) is 0 Å². The number of carbonyl (C=O) groups is 1. The summed E-state index contributed by atoms with van der Waals surface area (Å²) in [5, 5.41) is 3.15. The van der Waals surface area contributed by atoms with Crippen molar-refractivity contribution in [2.45, 2.75) is 20.8 Å². The van der Waals surface area contributed by atoms with Gasteiger partial charge in [0.05, 0.1) is 5.84 Å². The number of hydrogen-bond donors (Lipinski definition) is 1. The van der Waals surface area contributed by atoms with Crippen LogP contribution in [-0.2, 0) is 0 Å². The van der Waals surface area contributed by atoms with E-state index >= 15 is 0 Å². The van der Waals surface area contributed by atoms with Gasteiger partial charge in [0.25, 0.3) is 0 Å². The third-order valence-corrected chi connectivity index (χ3v) is 2.30. The molecule has 0 bridgehead atoms. The predicted octanol–water partition coefficient (Wildman–Crippen LogP) is 2.66. The monoisotopic (exact) mass is 204 g/mol. The molecule has 0 fully saturated rings. The van der Waals surface area contributed by atoms with Crippen LogP contribution in [-0.4, -0.2) is 18.7 Å². The Labute approximate surface area is 90.2 Å². The Balaban J connectivity index is 3.05. The Morgan fingerprint density at radius 2 is 2.00 bits per heavy atom. The van der Waals surface area contributed by atoms with E-state index in [4.69, 9.17) is 0 Å². The molecule has 0 radical (unpaired) electrons. The van der Waals surface area contributed by atoms with Gasteiger partial charge < -0.3 is 5.32 Å². The molecule has 0 aliphatic carbocycles. The standard InChI is InChI=1S/C12H16N2O/c1-8-5-6-11(9(2)15)7-12(8)14-10(3)13-4/h5-7H,1-4H3,(H,13,14). The number of benzene rings is 1. The van der Waals surface area contributed by atoms with Gasteiger partial charge in [-0.15, -0.1) is 0 Å². The molecule has 1 rings (SSSR count). The quantitative estimate of drug-likeness (QED) is 0.457. The predicted molar refractivity (Wildman–Crippen MR) is 63.8 cm³/mol. The molecule has 80 valence electrons. The Bertz CT molecular complexity index is 408. The lowest BCUT2D eigenvalue weighted by molar-refractivity contribution is 0.101. The first kappa shape index (κ1) is 11.4. The summed E-state index contributed by atoms with van der Waals surface area (Å²) < 4.78 is 0. The first-order valence-electron chi connectivity index (χ1n) is 4.86. The fourth-order valence-electron chi connectivity index (χ4n) is 1.23. The van der Waals surface area contributed by atoms with Crippen molar-refractivity contribution >= 4 is 17.3 Å². The molecule has 0 atom stereocenters. The number of nitrogens with one attached hydrogen (secondary N) is 1. The third-order valence-electron chi connectivity index (χ3n) is 2.30. The molecule has 0 heterocycles. The van der Waals surface area contributed by atoms with Crippen molar-refractivity contribution in [1.82, 2.24) is 0 Å². The molecule has 3 nitrogen and oxygen atoms in total. The molecule has 0 unspecified atom stereocenters. The van der Waals surface area contributed by atoms with Crippen LogP contribution < -0.4 is 5.32 Å². The van der Waals surface area contributed by atoms with Crippen LogP contribution in [0.25, 0.3) is 0 Å². The number of rotatable bonds is 2. The Morgan fingerprint density at radius 1 is 1.33 bits per heavy atom. The van der Waals surface area contributed by atoms with E-state index in [1.54, 1.807) is 14.0 Å². The first-order chi connectivity index (χ1) is 7.04. The topological polar surface area (TPSA) is 41.5 Å². The lowest BCUT2D eigenvalue weighted by Gasteiger charge is -2.09. The van der Waals surface area contributed by atoms with E-state index in [0.717, 1.165) is 17.1 Å². The van der Waals surface area contributed by atoms with Crippen LogP contribution in [0.2, 0.25) is 0 Å². The summed E-state index contributed by atoms with van der Waals surface area (Å²) in [6, 6.07) is 5.62. The molecule has 15 heavy (non-hydrogen) atoms. The molecule has 0 aliphatic rings. The van der Waals surface area contributed by atoms with E-state index < -0.39 is 0 Å². The SMILES string of the molecule is CN=C(C)Nc1cc(C(C)=O)ccc1C. The van der Waals surface area contributed by atoms with Crippen LogP contribution >= 0.6 is 0 Å². The Hall–Kier alpha value is -1.64. The second kappa shape index (κ2) is 4.73. The number of Topliss-reactive ketones (excluding diaryl/α,β-unsaturated/α-hetero) is 1. The molecule has 0 aromatic heterocycles. The summed E-state index contributed by atoms with van der Waals surface area (Å²) >= 11 is 0. The van der Waals surface area contributed by atoms with Crippen molar-refractivity contribution in [3.8, 4) is 0 Å². The second-order valence-corrected chi connectivity index (χ2v) is 3.52. The molecule has 0 saturated carbocycles. The van der Waals surface area contributed by atoms with Gasteiger partial charge in [-0.2, -0.15) is 0 Å². The average molecular weight is 204 g/mol. The summed E-state index contributed by atoms with van der Waals surface area (Å²) in [5.74, 6) is 0.906. The van der Waals surface area contributed by atoms with Crippen LogP contribution in [0, 0.1) is 6.92 Å². The van der Waals surface area contributed by atoms with Crippen LogP contribution in [0.5, 0.6) is 0 Å². The maximum absolute atomic E-state index is 11.2. The van der Waals surface area contributed by atoms with Crippen molar-refractivity contribution < 1.29 is 4.79 Å². The highest BCUT2D eigenvalue weighted by atomic mass is 16.1. The maximum atomic E-state index is 11.2. The molecule has 1 aromatic rings. The van der Waals surface area contributed by atoms with E-state index in [1.807, 2.05) is 32.0 Å². The molecule has 1 aromatic carbocycles. The van der Waals surface area contributed by atoms with Gasteiger partial charge in [-0.05, 0) is 32.4 Å². The second-order valence-electron chi connectivity index (χ2n) is 3.52. The van der Waals surface area contributed by atoms with E-state index in [1.165, 1.54) is 0 Å². The van der Waals surface area contributed by atoms with E-state index in [-0.39, 0.29) is 5.78 Å². The van der Waals surface area contributed by atoms with Gasteiger partial charge in [0.15, 0.2) is 5.78 Å². The van der Waals surface area contributed by atoms with Gasteiger partial charge in [0.1, 0.15) is 0 Å². The highest BCUT2D eigenvalue weighted by Crippen LogP contribution is 2.17. The lowest BCUT2D eigenvalue weighted by Crippen LogP contribution is -2.08. The largest absolute Gasteiger partial charge is 0.344 e. The van der Waals surface area contributed by atoms with Crippen LogP contribution in [0.1, 0.15) is 29.8 Å². The molecule has 1 N–H and O–H groups in total. The summed E-state index contributed by atoms with van der Waals surface area (Å²) in [6.45, 7) is 5.45. The molecule has 0 spiro atoms. The number of hydrogen-bond acceptors (Lipinski definition) is 2. The van der Waals surface area contributed by atoms with Gasteiger partial charge in [-0.1, -0.05) is 12.1 Å². The zero-order valence-electron chi connectivity index (χ0n) is 9.59. The van der Waals surface area contributed by atoms with Crippen LogP contribution in [0.4, 0.5) is 5.69 Å². The summed E-state index contributed by atoms with van der Waals surface area (Å²) in [7, 11) is 1.73. The molecule has 3 heteroatoms. The zero-order chi connectivity index (χ0) is 11.4. The Morgan fingerprint density at radius 3 is 2.53 bits per heavy atom. The minimum Gasteiger partial charge on any atom is -0.344 e. The number of carbonyl (C=O) groups excluding carboxylic acids is 1. The summed E-state index contributed by atoms with van der Waals surface area (Å²) in [4.78, 5) is 15.2. The van der Waals surface area contributed by atoms with E-state index in [9.17, 15) is 4.79 Å². The summed E-state index contributed by atoms with van der Waals surface area (Å²) in [5.41, 5.74) is 2.75. The number of amidine groups is 1. The molecular weight excluding hydrogens is 188 g/mol. The van der Waals surface area contributed by atoms with Crippen molar-refractivity contribution in [2.75, 3.05) is 12.4 Å². The van der Waals surface area contributed by atoms with E-state index in [2.05, 4.69) is 10.3 Å². The van der Waals surface area contributed by atoms with Crippen molar-refractivity contribution in [1.29, 1.82) is 0 Å². The normalized spacial score (nSPS) is 11.3. The molecule has 0 amide bonds. The zero-order valence-corrected chi connectivity index (χ0v) is 9.59. The lowest BCUT2D eigenvalue weighted by atomic mass is 10.1. The first-order valence-corrected chi connectivity index (χ1v) is 4.86. The van der Waals surface area contributed by atoms with Crippen LogP contribution in [0.15, 0.2) is 23.2 Å². The van der Waals surface area contributed by atoms with Gasteiger partial charge in [-0.3, -0.25) is 9.79 Å². The van der Waals surface area contributed by atoms with E-state index in [0.29, 0.717) is 5.56 Å². The fourth-order valence-corrected chi connectivity index (χ4v) is 1.23. The molecular formula is C12H16N2O. The summed E-state index contributed by atoms with van der Waals surface area (Å²) in [6.07, 6.45) is 0. The minimum atomic E-state index is 0.0733. The third kappa shape index (κ3) is 2.91. The smallest absolute Gasteiger partial charge is 0.159 e. The number of aryl methyl sites for hydroxylation is 1. The number of ketones is 1. The van der Waals surface area contributed by atoms with Gasteiger partial charge in [0, 0.05) is 18.3 Å².